The molecule has 4 rings (SSSR count). The molecule has 0 bridgehead atoms. The monoisotopic (exact) mass is 491 g/mol. The Bertz CT molecular complexity index is 1180. The lowest BCUT2D eigenvalue weighted by atomic mass is 10.2. The van der Waals surface area contributed by atoms with Gasteiger partial charge in [0.05, 0.1) is 17.6 Å². The van der Waals surface area contributed by atoms with Crippen molar-refractivity contribution in [2.45, 2.75) is 26.3 Å². The SMILES string of the molecule is Cc1ccc(OCCn2c(CCCNC(=O)c3ccc(Br)cc3)nc3ccccc32)cc1. The van der Waals surface area contributed by atoms with E-state index < -0.39 is 0 Å². The Morgan fingerprint density at radius 3 is 2.56 bits per heavy atom. The van der Waals surface area contributed by atoms with Gasteiger partial charge in [-0.15, -0.1) is 0 Å². The van der Waals surface area contributed by atoms with Crippen molar-refractivity contribution >= 4 is 32.9 Å². The number of nitrogens with one attached hydrogen (secondary N) is 1. The zero-order valence-electron chi connectivity index (χ0n) is 18.1. The number of para-hydroxylation sites is 2. The predicted octanol–water partition coefficient (Wildman–Crippen LogP) is 5.55. The van der Waals surface area contributed by atoms with Crippen LogP contribution in [-0.2, 0) is 13.0 Å². The molecule has 0 atom stereocenters. The number of halogens is 1. The number of carbonyl (C=O) groups excluding carboxylic acids is 1. The fourth-order valence-electron chi connectivity index (χ4n) is 3.61. The maximum absolute atomic E-state index is 12.3. The highest BCUT2D eigenvalue weighted by atomic mass is 79.9. The van der Waals surface area contributed by atoms with E-state index in [4.69, 9.17) is 9.72 Å². The summed E-state index contributed by atoms with van der Waals surface area (Å²) >= 11 is 3.39. The molecule has 5 nitrogen and oxygen atoms in total. The van der Waals surface area contributed by atoms with Gasteiger partial charge in [0.1, 0.15) is 18.2 Å². The van der Waals surface area contributed by atoms with Crippen LogP contribution in [0.25, 0.3) is 11.0 Å². The molecule has 0 radical (unpaired) electrons. The summed E-state index contributed by atoms with van der Waals surface area (Å²) in [6.45, 7) is 3.94. The summed E-state index contributed by atoms with van der Waals surface area (Å²) in [7, 11) is 0. The fourth-order valence-corrected chi connectivity index (χ4v) is 3.87. The van der Waals surface area contributed by atoms with Gasteiger partial charge in [-0.25, -0.2) is 4.98 Å². The van der Waals surface area contributed by atoms with Crippen molar-refractivity contribution in [2.75, 3.05) is 13.2 Å². The Kier molecular flexibility index (Phi) is 7.22. The molecule has 0 fully saturated rings. The maximum Gasteiger partial charge on any atom is 0.251 e. The molecule has 1 aromatic heterocycles. The van der Waals surface area contributed by atoms with Crippen molar-refractivity contribution in [2.24, 2.45) is 0 Å². The van der Waals surface area contributed by atoms with Crippen LogP contribution in [0.15, 0.2) is 77.3 Å². The smallest absolute Gasteiger partial charge is 0.251 e. The van der Waals surface area contributed by atoms with E-state index in [1.54, 1.807) is 0 Å². The minimum absolute atomic E-state index is 0.0579. The average Bonchev–Trinajstić information content (AvgIpc) is 3.16. The normalized spacial score (nSPS) is 10.9. The summed E-state index contributed by atoms with van der Waals surface area (Å²) in [6.07, 6.45) is 1.59. The third-order valence-electron chi connectivity index (χ3n) is 5.31. The standard InChI is InChI=1S/C26H26BrN3O2/c1-19-8-14-22(15-9-19)32-18-17-30-24-6-3-2-5-23(24)29-25(30)7-4-16-28-26(31)20-10-12-21(27)13-11-20/h2-3,5-6,8-15H,4,7,16-18H2,1H3,(H,28,31). The summed E-state index contributed by atoms with van der Waals surface area (Å²) in [5.41, 5.74) is 3.96. The van der Waals surface area contributed by atoms with Gasteiger partial charge in [0.15, 0.2) is 0 Å². The molecule has 1 amide bonds. The minimum Gasteiger partial charge on any atom is -0.492 e. The van der Waals surface area contributed by atoms with Gasteiger partial charge in [-0.2, -0.15) is 0 Å². The number of aryl methyl sites for hydroxylation is 2. The van der Waals surface area contributed by atoms with E-state index in [0.717, 1.165) is 46.5 Å². The summed E-state index contributed by atoms with van der Waals surface area (Å²) in [5.74, 6) is 1.83. The molecule has 0 spiro atoms. The summed E-state index contributed by atoms with van der Waals surface area (Å²) in [6, 6.07) is 23.6. The van der Waals surface area contributed by atoms with E-state index in [0.29, 0.717) is 18.7 Å². The number of rotatable bonds is 9. The van der Waals surface area contributed by atoms with Gasteiger partial charge >= 0.3 is 0 Å². The maximum atomic E-state index is 12.3. The van der Waals surface area contributed by atoms with Crippen molar-refractivity contribution in [3.05, 3.63) is 94.2 Å². The van der Waals surface area contributed by atoms with Crippen molar-refractivity contribution in [1.82, 2.24) is 14.9 Å². The Morgan fingerprint density at radius 1 is 1.03 bits per heavy atom. The van der Waals surface area contributed by atoms with Crippen molar-refractivity contribution in [3.8, 4) is 5.75 Å². The summed E-state index contributed by atoms with van der Waals surface area (Å²) in [4.78, 5) is 17.1. The van der Waals surface area contributed by atoms with Gasteiger partial charge in [0, 0.05) is 23.0 Å². The number of nitrogens with zero attached hydrogens (tertiary/aromatic N) is 2. The second kappa shape index (κ2) is 10.5. The number of fused-ring (bicyclic) bond motifs is 1. The van der Waals surface area contributed by atoms with Crippen molar-refractivity contribution in [3.63, 3.8) is 0 Å². The number of benzene rings is 3. The number of amides is 1. The molecule has 32 heavy (non-hydrogen) atoms. The van der Waals surface area contributed by atoms with E-state index in [1.165, 1.54) is 5.56 Å². The average molecular weight is 492 g/mol. The quantitative estimate of drug-likeness (QED) is 0.312. The topological polar surface area (TPSA) is 56.1 Å². The van der Waals surface area contributed by atoms with Gasteiger partial charge in [-0.05, 0) is 61.9 Å². The third kappa shape index (κ3) is 5.56. The van der Waals surface area contributed by atoms with Crippen LogP contribution >= 0.6 is 15.9 Å². The largest absolute Gasteiger partial charge is 0.492 e. The number of carbonyl (C=O) groups is 1. The molecule has 0 aliphatic heterocycles. The Morgan fingerprint density at radius 2 is 1.78 bits per heavy atom. The zero-order valence-corrected chi connectivity index (χ0v) is 19.6. The molecule has 0 saturated heterocycles. The first kappa shape index (κ1) is 22.1. The summed E-state index contributed by atoms with van der Waals surface area (Å²) in [5, 5.41) is 3.00. The van der Waals surface area contributed by atoms with Gasteiger partial charge in [0.25, 0.3) is 5.91 Å². The Balaban J connectivity index is 1.35. The molecule has 1 N–H and O–H groups in total. The summed E-state index contributed by atoms with van der Waals surface area (Å²) < 4.78 is 9.12. The lowest BCUT2D eigenvalue weighted by molar-refractivity contribution is 0.0953. The first-order chi connectivity index (χ1) is 15.6. The molecule has 0 aliphatic rings. The first-order valence-electron chi connectivity index (χ1n) is 10.8. The van der Waals surface area contributed by atoms with Crippen LogP contribution in [0, 0.1) is 6.92 Å². The molecule has 0 saturated carbocycles. The Hall–Kier alpha value is -3.12. The van der Waals surface area contributed by atoms with Crippen LogP contribution < -0.4 is 10.1 Å². The lowest BCUT2D eigenvalue weighted by Gasteiger charge is -2.11. The molecule has 3 aromatic carbocycles. The van der Waals surface area contributed by atoms with Gasteiger partial charge in [-0.3, -0.25) is 4.79 Å². The Labute approximate surface area is 196 Å². The van der Waals surface area contributed by atoms with Crippen LogP contribution in [0.2, 0.25) is 0 Å². The third-order valence-corrected chi connectivity index (χ3v) is 5.84. The van der Waals surface area contributed by atoms with Crippen LogP contribution in [0.1, 0.15) is 28.2 Å². The van der Waals surface area contributed by atoms with Crippen LogP contribution in [0.5, 0.6) is 5.75 Å². The number of imidazole rings is 1. The molecule has 0 unspecified atom stereocenters. The highest BCUT2D eigenvalue weighted by molar-refractivity contribution is 9.10. The van der Waals surface area contributed by atoms with E-state index in [1.807, 2.05) is 54.6 Å². The van der Waals surface area contributed by atoms with E-state index in [9.17, 15) is 4.79 Å². The molecule has 6 heteroatoms. The second-order valence-electron chi connectivity index (χ2n) is 7.70. The van der Waals surface area contributed by atoms with E-state index in [2.05, 4.69) is 50.9 Å². The number of hydrogen-bond donors (Lipinski definition) is 1. The molecule has 0 aliphatic carbocycles. The van der Waals surface area contributed by atoms with Crippen LogP contribution in [-0.4, -0.2) is 28.6 Å². The van der Waals surface area contributed by atoms with Crippen LogP contribution in [0.4, 0.5) is 0 Å². The highest BCUT2D eigenvalue weighted by Crippen LogP contribution is 2.18. The van der Waals surface area contributed by atoms with Gasteiger partial charge < -0.3 is 14.6 Å². The van der Waals surface area contributed by atoms with Crippen molar-refractivity contribution in [1.29, 1.82) is 0 Å². The fraction of sp³-hybridized carbons (Fsp3) is 0.231. The highest BCUT2D eigenvalue weighted by Gasteiger charge is 2.11. The van der Waals surface area contributed by atoms with Gasteiger partial charge in [-0.1, -0.05) is 45.8 Å². The minimum atomic E-state index is -0.0579. The molecule has 4 aromatic rings. The first-order valence-corrected chi connectivity index (χ1v) is 11.6. The molecular weight excluding hydrogens is 466 g/mol. The van der Waals surface area contributed by atoms with Crippen LogP contribution in [0.3, 0.4) is 0 Å². The second-order valence-corrected chi connectivity index (χ2v) is 8.61. The van der Waals surface area contributed by atoms with E-state index >= 15 is 0 Å². The molecule has 164 valence electrons. The molecular formula is C26H26BrN3O2. The van der Waals surface area contributed by atoms with Crippen molar-refractivity contribution < 1.29 is 9.53 Å². The number of aromatic nitrogens is 2. The number of ether oxygens (including phenoxy) is 1. The van der Waals surface area contributed by atoms with E-state index in [-0.39, 0.29) is 5.91 Å². The van der Waals surface area contributed by atoms with Gasteiger partial charge in [0.2, 0.25) is 0 Å². The number of hydrogen-bond acceptors (Lipinski definition) is 3. The predicted molar refractivity (Wildman–Crippen MR) is 131 cm³/mol. The molecule has 1 heterocycles. The lowest BCUT2D eigenvalue weighted by Crippen LogP contribution is -2.25. The zero-order chi connectivity index (χ0) is 22.3.